The molecule has 0 saturated carbocycles. The Hall–Kier alpha value is -1.36. The molecule has 0 aliphatic carbocycles. The molecule has 5 heteroatoms. The number of hydrogen-bond donors (Lipinski definition) is 1. The van der Waals surface area contributed by atoms with Gasteiger partial charge in [0, 0.05) is 32.3 Å². The van der Waals surface area contributed by atoms with Crippen molar-refractivity contribution in [2.24, 2.45) is 5.73 Å². The smallest absolute Gasteiger partial charge is 0.222 e. The van der Waals surface area contributed by atoms with Crippen LogP contribution in [0, 0.1) is 0 Å². The van der Waals surface area contributed by atoms with Crippen LogP contribution in [-0.4, -0.2) is 40.2 Å². The predicted octanol–water partition coefficient (Wildman–Crippen LogP) is 1.35. The van der Waals surface area contributed by atoms with E-state index in [2.05, 4.69) is 18.2 Å². The molecule has 1 aromatic rings. The van der Waals surface area contributed by atoms with E-state index >= 15 is 0 Å². The van der Waals surface area contributed by atoms with Gasteiger partial charge in [-0.1, -0.05) is 0 Å². The lowest BCUT2D eigenvalue weighted by Gasteiger charge is -2.31. The molecule has 1 amide bonds. The van der Waals surface area contributed by atoms with Crippen molar-refractivity contribution >= 4 is 5.91 Å². The van der Waals surface area contributed by atoms with Crippen molar-refractivity contribution in [3.05, 3.63) is 18.0 Å². The SMILES string of the molecule is CCn1cc(C2CCN(C(=O)CCCN)CC2)cn1. The Morgan fingerprint density at radius 3 is 2.79 bits per heavy atom. The van der Waals surface area contributed by atoms with Crippen LogP contribution in [0.1, 0.15) is 44.1 Å². The Bertz CT molecular complexity index is 407. The van der Waals surface area contributed by atoms with Crippen molar-refractivity contribution in [3.8, 4) is 0 Å². The zero-order chi connectivity index (χ0) is 13.7. The summed E-state index contributed by atoms with van der Waals surface area (Å²) >= 11 is 0. The number of piperidine rings is 1. The molecule has 1 aliphatic heterocycles. The van der Waals surface area contributed by atoms with Gasteiger partial charge in [-0.25, -0.2) is 0 Å². The Kier molecular flexibility index (Phi) is 4.96. The zero-order valence-corrected chi connectivity index (χ0v) is 11.7. The summed E-state index contributed by atoms with van der Waals surface area (Å²) in [7, 11) is 0. The van der Waals surface area contributed by atoms with E-state index in [0.717, 1.165) is 38.9 Å². The highest BCUT2D eigenvalue weighted by Crippen LogP contribution is 2.27. The highest BCUT2D eigenvalue weighted by atomic mass is 16.2. The van der Waals surface area contributed by atoms with E-state index in [4.69, 9.17) is 5.73 Å². The van der Waals surface area contributed by atoms with Gasteiger partial charge in [0.1, 0.15) is 0 Å². The lowest BCUT2D eigenvalue weighted by molar-refractivity contribution is -0.132. The molecule has 0 atom stereocenters. The van der Waals surface area contributed by atoms with Gasteiger partial charge in [-0.05, 0) is 44.2 Å². The van der Waals surface area contributed by atoms with Crippen molar-refractivity contribution in [2.45, 2.75) is 45.1 Å². The van der Waals surface area contributed by atoms with Gasteiger partial charge in [-0.15, -0.1) is 0 Å². The summed E-state index contributed by atoms with van der Waals surface area (Å²) in [5.74, 6) is 0.812. The molecule has 0 radical (unpaired) electrons. The lowest BCUT2D eigenvalue weighted by Crippen LogP contribution is -2.37. The van der Waals surface area contributed by atoms with Gasteiger partial charge in [0.25, 0.3) is 0 Å². The second kappa shape index (κ2) is 6.70. The van der Waals surface area contributed by atoms with Gasteiger partial charge in [-0.3, -0.25) is 9.48 Å². The topological polar surface area (TPSA) is 64.2 Å². The molecule has 2 rings (SSSR count). The molecule has 0 spiro atoms. The molecule has 19 heavy (non-hydrogen) atoms. The molecule has 2 heterocycles. The summed E-state index contributed by atoms with van der Waals surface area (Å²) in [6, 6.07) is 0. The molecular formula is C14H24N4O. The van der Waals surface area contributed by atoms with Crippen molar-refractivity contribution in [1.29, 1.82) is 0 Å². The molecule has 1 aromatic heterocycles. The predicted molar refractivity (Wildman–Crippen MR) is 74.7 cm³/mol. The first-order chi connectivity index (χ1) is 9.24. The third kappa shape index (κ3) is 3.56. The first-order valence-corrected chi connectivity index (χ1v) is 7.24. The minimum atomic E-state index is 0.258. The molecule has 0 bridgehead atoms. The number of rotatable bonds is 5. The monoisotopic (exact) mass is 264 g/mol. The maximum absolute atomic E-state index is 11.9. The van der Waals surface area contributed by atoms with Crippen LogP contribution in [0.4, 0.5) is 0 Å². The van der Waals surface area contributed by atoms with Gasteiger partial charge in [0.15, 0.2) is 0 Å². The molecule has 106 valence electrons. The van der Waals surface area contributed by atoms with Gasteiger partial charge < -0.3 is 10.6 Å². The average molecular weight is 264 g/mol. The van der Waals surface area contributed by atoms with Crippen LogP contribution in [0.15, 0.2) is 12.4 Å². The van der Waals surface area contributed by atoms with Crippen LogP contribution in [-0.2, 0) is 11.3 Å². The van der Waals surface area contributed by atoms with E-state index < -0.39 is 0 Å². The number of hydrogen-bond acceptors (Lipinski definition) is 3. The van der Waals surface area contributed by atoms with Gasteiger partial charge in [0.2, 0.25) is 5.91 Å². The van der Waals surface area contributed by atoms with Gasteiger partial charge in [0.05, 0.1) is 6.20 Å². The number of carbonyl (C=O) groups excluding carboxylic acids is 1. The fraction of sp³-hybridized carbons (Fsp3) is 0.714. The number of nitrogens with two attached hydrogens (primary N) is 1. The number of likely N-dealkylation sites (tertiary alicyclic amines) is 1. The first-order valence-electron chi connectivity index (χ1n) is 7.24. The number of amides is 1. The fourth-order valence-corrected chi connectivity index (χ4v) is 2.64. The molecule has 1 saturated heterocycles. The van der Waals surface area contributed by atoms with Crippen molar-refractivity contribution in [3.63, 3.8) is 0 Å². The number of carbonyl (C=O) groups is 1. The van der Waals surface area contributed by atoms with E-state index in [0.29, 0.717) is 18.9 Å². The first kappa shape index (κ1) is 14.1. The van der Waals surface area contributed by atoms with E-state index in [1.54, 1.807) is 0 Å². The van der Waals surface area contributed by atoms with Crippen LogP contribution < -0.4 is 5.73 Å². The van der Waals surface area contributed by atoms with Crippen molar-refractivity contribution < 1.29 is 4.79 Å². The summed E-state index contributed by atoms with van der Waals surface area (Å²) in [5.41, 5.74) is 6.76. The molecule has 1 fully saturated rings. The Morgan fingerprint density at radius 2 is 2.21 bits per heavy atom. The summed E-state index contributed by atoms with van der Waals surface area (Å²) in [6.45, 7) is 5.33. The van der Waals surface area contributed by atoms with E-state index in [1.165, 1.54) is 5.56 Å². The zero-order valence-electron chi connectivity index (χ0n) is 11.7. The van der Waals surface area contributed by atoms with E-state index in [1.807, 2.05) is 15.8 Å². The molecule has 1 aliphatic rings. The highest BCUT2D eigenvalue weighted by molar-refractivity contribution is 5.76. The van der Waals surface area contributed by atoms with Crippen LogP contribution in [0.5, 0.6) is 0 Å². The molecule has 2 N–H and O–H groups in total. The minimum absolute atomic E-state index is 0.258. The number of nitrogens with zero attached hydrogens (tertiary/aromatic N) is 3. The largest absolute Gasteiger partial charge is 0.343 e. The van der Waals surface area contributed by atoms with Crippen LogP contribution >= 0.6 is 0 Å². The van der Waals surface area contributed by atoms with Crippen LogP contribution in [0.3, 0.4) is 0 Å². The third-order valence-corrected chi connectivity index (χ3v) is 3.89. The Labute approximate surface area is 114 Å². The molecule has 0 unspecified atom stereocenters. The Balaban J connectivity index is 1.83. The summed E-state index contributed by atoms with van der Waals surface area (Å²) in [6.07, 6.45) is 7.58. The molecule has 0 aromatic carbocycles. The maximum Gasteiger partial charge on any atom is 0.222 e. The van der Waals surface area contributed by atoms with Gasteiger partial charge >= 0.3 is 0 Å². The quantitative estimate of drug-likeness (QED) is 0.873. The summed E-state index contributed by atoms with van der Waals surface area (Å²) in [5, 5.41) is 4.33. The normalized spacial score (nSPS) is 16.8. The maximum atomic E-state index is 11.9. The third-order valence-electron chi connectivity index (χ3n) is 3.89. The van der Waals surface area contributed by atoms with Crippen LogP contribution in [0.2, 0.25) is 0 Å². The lowest BCUT2D eigenvalue weighted by atomic mass is 9.91. The minimum Gasteiger partial charge on any atom is -0.343 e. The molecule has 5 nitrogen and oxygen atoms in total. The summed E-state index contributed by atoms with van der Waals surface area (Å²) < 4.78 is 1.97. The van der Waals surface area contributed by atoms with Gasteiger partial charge in [-0.2, -0.15) is 5.10 Å². The summed E-state index contributed by atoms with van der Waals surface area (Å²) in [4.78, 5) is 13.9. The van der Waals surface area contributed by atoms with E-state index in [9.17, 15) is 4.79 Å². The standard InChI is InChI=1S/C14H24N4O/c1-2-18-11-13(10-16-18)12-5-8-17(9-6-12)14(19)4-3-7-15/h10-12H,2-9,15H2,1H3. The Morgan fingerprint density at radius 1 is 1.47 bits per heavy atom. The van der Waals surface area contributed by atoms with Crippen molar-refractivity contribution in [2.75, 3.05) is 19.6 Å². The number of aromatic nitrogens is 2. The second-order valence-corrected chi connectivity index (χ2v) is 5.18. The molecular weight excluding hydrogens is 240 g/mol. The fourth-order valence-electron chi connectivity index (χ4n) is 2.64. The van der Waals surface area contributed by atoms with Crippen molar-refractivity contribution in [1.82, 2.24) is 14.7 Å². The van der Waals surface area contributed by atoms with E-state index in [-0.39, 0.29) is 5.91 Å². The highest BCUT2D eigenvalue weighted by Gasteiger charge is 2.24. The second-order valence-electron chi connectivity index (χ2n) is 5.18. The van der Waals surface area contributed by atoms with Crippen LogP contribution in [0.25, 0.3) is 0 Å². The number of aryl methyl sites for hydroxylation is 1. The average Bonchev–Trinajstić information content (AvgIpc) is 2.94.